The summed E-state index contributed by atoms with van der Waals surface area (Å²) in [4.78, 5) is 14.5. The van der Waals surface area contributed by atoms with Gasteiger partial charge in [-0.1, -0.05) is 12.1 Å². The minimum absolute atomic E-state index is 0.565. The van der Waals surface area contributed by atoms with Crippen LogP contribution in [0.5, 0.6) is 11.5 Å². The Kier molecular flexibility index (Phi) is 9.25. The third-order valence-electron chi connectivity index (χ3n) is 12.4. The summed E-state index contributed by atoms with van der Waals surface area (Å²) in [6.45, 7) is 0. The molecule has 6 aromatic heterocycles. The fourth-order valence-corrected chi connectivity index (χ4v) is 10.6. The molecule has 67 heavy (non-hydrogen) atoms. The molecule has 0 saturated heterocycles. The maximum atomic E-state index is 6.70. The monoisotopic (exact) mass is 1040 g/mol. The summed E-state index contributed by atoms with van der Waals surface area (Å²) < 4.78 is 16.5. The van der Waals surface area contributed by atoms with Gasteiger partial charge < -0.3 is 0 Å². The molecule has 0 saturated carbocycles. The Bertz CT molecular complexity index is 3980. The van der Waals surface area contributed by atoms with E-state index < -0.39 is 0 Å². The number of benzene rings is 7. The van der Waals surface area contributed by atoms with Crippen molar-refractivity contribution in [3.63, 3.8) is 0 Å². The second-order valence-corrected chi connectivity index (χ2v) is 17.2. The molecule has 0 amide bonds. The molecule has 0 spiro atoms. The van der Waals surface area contributed by atoms with E-state index in [1.54, 1.807) is 0 Å². The van der Waals surface area contributed by atoms with Crippen LogP contribution in [0, 0.1) is 15.9 Å². The van der Waals surface area contributed by atoms with Gasteiger partial charge in [-0.3, -0.25) is 4.57 Å². The fraction of sp³-hybridized carbons (Fsp3) is 0. The topological polar surface area (TPSA) is 67.6 Å². The molecule has 0 unspecified atom stereocenters. The molecule has 0 N–H and O–H groups in total. The van der Waals surface area contributed by atoms with Crippen molar-refractivity contribution in [1.29, 1.82) is 0 Å². The van der Waals surface area contributed by atoms with Gasteiger partial charge in [-0.05, 0) is 30.3 Å². The van der Waals surface area contributed by atoms with Gasteiger partial charge in [-0.15, -0.1) is 0 Å². The second-order valence-electron chi connectivity index (χ2n) is 16.2. The number of pyridine rings is 3. The van der Waals surface area contributed by atoms with Crippen LogP contribution in [-0.4, -0.2) is 33.2 Å². The van der Waals surface area contributed by atoms with Crippen LogP contribution in [0.15, 0.2) is 213 Å². The molecule has 0 fully saturated rings. The zero-order chi connectivity index (χ0) is 44.4. The molecule has 9 heteroatoms. The van der Waals surface area contributed by atoms with Gasteiger partial charge in [-0.25, -0.2) is 9.97 Å². The van der Waals surface area contributed by atoms with E-state index in [-0.39, 0.29) is 0 Å². The third-order valence-corrected chi connectivity index (χ3v) is 13.4. The van der Waals surface area contributed by atoms with Crippen LogP contribution in [0.25, 0.3) is 100 Å². The van der Waals surface area contributed by atoms with Gasteiger partial charge in [0.25, 0.3) is 0 Å². The average Bonchev–Trinajstić information content (AvgIpc) is 4.01. The van der Waals surface area contributed by atoms with Crippen molar-refractivity contribution >= 4 is 54.9 Å². The van der Waals surface area contributed by atoms with Crippen LogP contribution in [0.2, 0.25) is 0 Å². The Hall–Kier alpha value is -8.45. The van der Waals surface area contributed by atoms with Crippen LogP contribution in [-0.2, 0) is 19.4 Å². The standard InChI is InChI=1S/C58H35N7O.Pt/c1-3-15-39(16-4-1)45-22-12-23-46(40-17-5-2-6-18-40)56(45)63-38-62(52-27-9-10-28-53(52)63)41-19-11-20-43(35-41)66-44-30-31-48-47-21-7-8-26-51(47)65(54(48)36-44)55-32-29-42(37-61-55)64-57-49(24-13-33-59-57)50-25-14-34-60-58(50)64;/h1-34,37H;/q-2;. The van der Waals surface area contributed by atoms with Gasteiger partial charge in [-0.2, -0.15) is 0 Å². The number of hydrogen-bond acceptors (Lipinski definition) is 4. The molecule has 320 valence electrons. The van der Waals surface area contributed by atoms with Crippen molar-refractivity contribution in [1.82, 2.24) is 33.2 Å². The molecular formula is C58H35N7OPt-2. The molecule has 0 radical (unpaired) electrons. The first-order valence-corrected chi connectivity index (χ1v) is 23.1. The Balaban J connectivity index is 0.906. The van der Waals surface area contributed by atoms with E-state index in [1.165, 1.54) is 0 Å². The molecule has 13 rings (SSSR count). The van der Waals surface area contributed by atoms with Crippen molar-refractivity contribution in [2.75, 3.05) is 0 Å². The van der Waals surface area contributed by atoms with Gasteiger partial charge in [0.15, 0.2) is 0 Å². The Morgan fingerprint density at radius 2 is 1.01 bits per heavy atom. The van der Waals surface area contributed by atoms with Crippen LogP contribution in [0.1, 0.15) is 0 Å². The van der Waals surface area contributed by atoms with Gasteiger partial charge in [0.05, 0.1) is 11.9 Å². The first-order chi connectivity index (χ1) is 33.2. The number of ether oxygens (including phenoxy) is 1. The number of rotatable bonds is 8. The predicted octanol–water partition coefficient (Wildman–Crippen LogP) is 13.6. The van der Waals surface area contributed by atoms with E-state index in [2.05, 4.69) is 207 Å². The summed E-state index contributed by atoms with van der Waals surface area (Å²) in [6.07, 6.45) is 5.51. The second kappa shape index (κ2) is 15.9. The van der Waals surface area contributed by atoms with Gasteiger partial charge in [0, 0.05) is 23.2 Å². The first-order valence-electron chi connectivity index (χ1n) is 21.9. The summed E-state index contributed by atoms with van der Waals surface area (Å²) in [7, 11) is 0. The summed E-state index contributed by atoms with van der Waals surface area (Å²) in [5, 5.41) is 4.24. The van der Waals surface area contributed by atoms with E-state index >= 15 is 0 Å². The normalized spacial score (nSPS) is 11.7. The molecule has 8 nitrogen and oxygen atoms in total. The zero-order valence-corrected chi connectivity index (χ0v) is 37.8. The Labute approximate surface area is 395 Å². The molecular weight excluding hydrogens is 1010 g/mol. The molecule has 7 aromatic carbocycles. The molecule has 0 aliphatic rings. The Morgan fingerprint density at radius 1 is 0.418 bits per heavy atom. The Morgan fingerprint density at radius 3 is 1.69 bits per heavy atom. The molecule has 6 heterocycles. The number of nitrogens with zero attached hydrogens (tertiary/aromatic N) is 7. The summed E-state index contributed by atoms with van der Waals surface area (Å²) in [5.74, 6) is 1.89. The van der Waals surface area contributed by atoms with Crippen LogP contribution in [0.3, 0.4) is 0 Å². The van der Waals surface area contributed by atoms with Crippen molar-refractivity contribution in [2.45, 2.75) is 0 Å². The van der Waals surface area contributed by atoms with Crippen LogP contribution in [0.4, 0.5) is 0 Å². The van der Waals surface area contributed by atoms with Crippen molar-refractivity contribution in [3.05, 3.63) is 229 Å². The van der Waals surface area contributed by atoms with Crippen molar-refractivity contribution < 1.29 is 24.1 Å². The van der Waals surface area contributed by atoms with Gasteiger partial charge in [0.1, 0.15) is 11.3 Å². The van der Waals surface area contributed by atoms with Crippen LogP contribution < -0.4 is 4.74 Å². The summed E-state index contributed by atoms with van der Waals surface area (Å²) >= 11 is 2.47. The predicted molar refractivity (Wildman–Crippen MR) is 263 cm³/mol. The fourth-order valence-electron chi connectivity index (χ4n) is 9.51. The quantitative estimate of drug-likeness (QED) is 0.142. The third kappa shape index (κ3) is 6.40. The summed E-state index contributed by atoms with van der Waals surface area (Å²) in [6, 6.07) is 74.3. The zero-order valence-electron chi connectivity index (χ0n) is 35.6. The molecule has 0 atom stereocenters. The van der Waals surface area contributed by atoms with E-state index in [0.717, 1.165) is 104 Å². The van der Waals surface area contributed by atoms with E-state index in [0.29, 0.717) is 11.5 Å². The maximum absolute atomic E-state index is 6.70. The van der Waals surface area contributed by atoms with Gasteiger partial charge >= 0.3 is 294 Å². The molecule has 0 aliphatic heterocycles. The van der Waals surface area contributed by atoms with Gasteiger partial charge in [0.2, 0.25) is 0 Å². The number of hydrogen-bond donors (Lipinski definition) is 0. The minimum atomic E-state index is 0.565. The van der Waals surface area contributed by atoms with E-state index in [1.807, 2.05) is 55.0 Å². The van der Waals surface area contributed by atoms with Crippen molar-refractivity contribution in [2.24, 2.45) is 0 Å². The first kappa shape index (κ1) is 39.0. The van der Waals surface area contributed by atoms with Crippen molar-refractivity contribution in [3.8, 4) is 56.6 Å². The molecule has 0 bridgehead atoms. The van der Waals surface area contributed by atoms with Crippen LogP contribution >= 0.6 is 0 Å². The number of aromatic nitrogens is 7. The number of para-hydroxylation sites is 4. The molecule has 13 aromatic rings. The number of fused-ring (bicyclic) bond motifs is 7. The SMILES string of the molecule is [Pt]=[c]1n(-c2[c-]c(Oc3[c-]c4c(cc3)c3ccccc3n4-c3ccc(-n4c5ncccc5c5cccnc54)cn3)ccc2)c2ccccc2n1-c1c(-c2ccccc2)cccc1-c1ccccc1. The van der Waals surface area contributed by atoms with E-state index in [9.17, 15) is 0 Å². The summed E-state index contributed by atoms with van der Waals surface area (Å²) in [5.41, 5.74) is 13.1. The van der Waals surface area contributed by atoms with E-state index in [4.69, 9.17) is 19.7 Å². The number of imidazole rings is 1. The average molecular weight is 1040 g/mol. The molecule has 0 aliphatic carbocycles.